The number of hydrogen-bond donors (Lipinski definition) is 0. The molecule has 0 spiro atoms. The van der Waals surface area contributed by atoms with Gasteiger partial charge in [0.2, 0.25) is 10.0 Å². The van der Waals surface area contributed by atoms with Crippen molar-refractivity contribution in [1.82, 2.24) is 9.21 Å². The third-order valence-corrected chi connectivity index (χ3v) is 8.10. The standard InChI is InChI=1S/C22H36N2O2S/c1-17(2)15-20-16-24(14-11-22(20)23-12-5-6-13-23)27(25,26)21-9-7-19(8-10-21)18(3)4/h7-10,17-18,20,22H,5-6,11-16H2,1-4H3. The molecule has 27 heavy (non-hydrogen) atoms. The van der Waals surface area contributed by atoms with Gasteiger partial charge in [0.1, 0.15) is 0 Å². The smallest absolute Gasteiger partial charge is 0.243 e. The first-order chi connectivity index (χ1) is 12.8. The molecule has 2 heterocycles. The summed E-state index contributed by atoms with van der Waals surface area (Å²) < 4.78 is 28.2. The quantitative estimate of drug-likeness (QED) is 0.723. The zero-order chi connectivity index (χ0) is 19.6. The Bertz CT molecular complexity index is 706. The second-order valence-corrected chi connectivity index (χ2v) is 11.0. The Morgan fingerprint density at radius 1 is 1.00 bits per heavy atom. The zero-order valence-corrected chi connectivity index (χ0v) is 18.2. The van der Waals surface area contributed by atoms with E-state index in [0.29, 0.717) is 41.8 Å². The molecular weight excluding hydrogens is 356 g/mol. The van der Waals surface area contributed by atoms with Crippen LogP contribution in [0.2, 0.25) is 0 Å². The van der Waals surface area contributed by atoms with Gasteiger partial charge in [-0.2, -0.15) is 4.31 Å². The van der Waals surface area contributed by atoms with Crippen LogP contribution in [0, 0.1) is 11.8 Å². The van der Waals surface area contributed by atoms with E-state index in [1.54, 1.807) is 16.4 Å². The number of likely N-dealkylation sites (tertiary alicyclic amines) is 1. The van der Waals surface area contributed by atoms with Crippen molar-refractivity contribution in [2.75, 3.05) is 26.2 Å². The predicted molar refractivity (Wildman–Crippen MR) is 111 cm³/mol. The Labute approximate surface area is 166 Å². The first-order valence-electron chi connectivity index (χ1n) is 10.6. The van der Waals surface area contributed by atoms with E-state index in [-0.39, 0.29) is 0 Å². The van der Waals surface area contributed by atoms with Crippen LogP contribution in [0.5, 0.6) is 0 Å². The van der Waals surface area contributed by atoms with Crippen LogP contribution in [0.15, 0.2) is 29.2 Å². The fraction of sp³-hybridized carbons (Fsp3) is 0.727. The Hall–Kier alpha value is -0.910. The second-order valence-electron chi connectivity index (χ2n) is 9.08. The minimum absolute atomic E-state index is 0.411. The first kappa shape index (κ1) is 20.8. The second kappa shape index (κ2) is 8.62. The summed E-state index contributed by atoms with van der Waals surface area (Å²) in [4.78, 5) is 3.06. The van der Waals surface area contributed by atoms with Crippen LogP contribution in [-0.2, 0) is 10.0 Å². The minimum atomic E-state index is -3.41. The summed E-state index contributed by atoms with van der Waals surface area (Å²) in [5.41, 5.74) is 1.18. The summed E-state index contributed by atoms with van der Waals surface area (Å²) in [7, 11) is -3.41. The number of benzene rings is 1. The summed E-state index contributed by atoms with van der Waals surface area (Å²) in [6.07, 6.45) is 4.63. The number of nitrogens with zero attached hydrogens (tertiary/aromatic N) is 2. The highest BCUT2D eigenvalue weighted by atomic mass is 32.2. The fourth-order valence-electron chi connectivity index (χ4n) is 4.77. The highest BCUT2D eigenvalue weighted by Gasteiger charge is 2.38. The molecule has 1 aromatic carbocycles. The van der Waals surface area contributed by atoms with Crippen molar-refractivity contribution in [3.05, 3.63) is 29.8 Å². The van der Waals surface area contributed by atoms with Crippen LogP contribution < -0.4 is 0 Å². The van der Waals surface area contributed by atoms with Crippen LogP contribution in [0.4, 0.5) is 0 Å². The molecule has 0 aliphatic carbocycles. The van der Waals surface area contributed by atoms with Crippen molar-refractivity contribution in [2.24, 2.45) is 11.8 Å². The molecule has 0 radical (unpaired) electrons. The summed E-state index contributed by atoms with van der Waals surface area (Å²) >= 11 is 0. The highest BCUT2D eigenvalue weighted by molar-refractivity contribution is 7.89. The van der Waals surface area contributed by atoms with Crippen molar-refractivity contribution in [3.8, 4) is 0 Å². The van der Waals surface area contributed by atoms with Crippen molar-refractivity contribution < 1.29 is 8.42 Å². The van der Waals surface area contributed by atoms with Crippen LogP contribution in [0.3, 0.4) is 0 Å². The molecule has 4 nitrogen and oxygen atoms in total. The van der Waals surface area contributed by atoms with E-state index in [4.69, 9.17) is 0 Å². The Morgan fingerprint density at radius 2 is 1.63 bits per heavy atom. The molecular formula is C22H36N2O2S. The summed E-state index contributed by atoms with van der Waals surface area (Å²) in [6, 6.07) is 8.04. The van der Waals surface area contributed by atoms with E-state index >= 15 is 0 Å². The lowest BCUT2D eigenvalue weighted by molar-refractivity contribution is 0.0930. The molecule has 5 heteroatoms. The zero-order valence-electron chi connectivity index (χ0n) is 17.4. The van der Waals surface area contributed by atoms with Crippen LogP contribution in [-0.4, -0.2) is 49.8 Å². The summed E-state index contributed by atoms with van der Waals surface area (Å²) in [6.45, 7) is 12.4. The highest BCUT2D eigenvalue weighted by Crippen LogP contribution is 2.32. The maximum Gasteiger partial charge on any atom is 0.243 e. The molecule has 2 fully saturated rings. The molecule has 0 aromatic heterocycles. The molecule has 1 aromatic rings. The fourth-order valence-corrected chi connectivity index (χ4v) is 6.28. The van der Waals surface area contributed by atoms with E-state index in [0.717, 1.165) is 12.8 Å². The van der Waals surface area contributed by atoms with Gasteiger partial charge in [-0.1, -0.05) is 39.8 Å². The molecule has 2 unspecified atom stereocenters. The average Bonchev–Trinajstić information content (AvgIpc) is 3.15. The van der Waals surface area contributed by atoms with Crippen molar-refractivity contribution in [2.45, 2.75) is 70.2 Å². The first-order valence-corrected chi connectivity index (χ1v) is 12.1. The maximum atomic E-state index is 13.2. The van der Waals surface area contributed by atoms with E-state index < -0.39 is 10.0 Å². The number of rotatable bonds is 6. The van der Waals surface area contributed by atoms with Gasteiger partial charge < -0.3 is 4.90 Å². The number of hydrogen-bond acceptors (Lipinski definition) is 3. The Kier molecular flexibility index (Phi) is 6.65. The van der Waals surface area contributed by atoms with Gasteiger partial charge in [0.05, 0.1) is 4.90 Å². The van der Waals surface area contributed by atoms with Crippen LogP contribution in [0.1, 0.15) is 64.9 Å². The molecule has 0 bridgehead atoms. The molecule has 0 N–H and O–H groups in total. The van der Waals surface area contributed by atoms with Gasteiger partial charge in [-0.3, -0.25) is 0 Å². The normalized spacial score (nSPS) is 25.6. The third-order valence-electron chi connectivity index (χ3n) is 6.22. The Morgan fingerprint density at radius 3 is 2.19 bits per heavy atom. The lowest BCUT2D eigenvalue weighted by Gasteiger charge is -2.42. The molecule has 2 saturated heterocycles. The summed E-state index contributed by atoms with van der Waals surface area (Å²) in [5.74, 6) is 1.43. The topological polar surface area (TPSA) is 40.6 Å². The van der Waals surface area contributed by atoms with Gasteiger partial charge in [0.25, 0.3) is 0 Å². The predicted octanol–water partition coefficient (Wildman–Crippen LogP) is 4.33. The maximum absolute atomic E-state index is 13.2. The van der Waals surface area contributed by atoms with Gasteiger partial charge >= 0.3 is 0 Å². The van der Waals surface area contributed by atoms with Crippen LogP contribution >= 0.6 is 0 Å². The average molecular weight is 393 g/mol. The molecule has 2 aliphatic heterocycles. The SMILES string of the molecule is CC(C)CC1CN(S(=O)(=O)c2ccc(C(C)C)cc2)CCC1N1CCCC1. The number of sulfonamides is 1. The summed E-state index contributed by atoms with van der Waals surface area (Å²) in [5, 5.41) is 0. The van der Waals surface area contributed by atoms with Gasteiger partial charge in [-0.05, 0) is 74.2 Å². The minimum Gasteiger partial charge on any atom is -0.300 e. The lowest BCUT2D eigenvalue weighted by Crippen LogP contribution is -2.52. The molecule has 152 valence electrons. The third kappa shape index (κ3) is 4.75. The Balaban J connectivity index is 1.77. The molecule has 0 saturated carbocycles. The van der Waals surface area contributed by atoms with Gasteiger partial charge in [-0.15, -0.1) is 0 Å². The molecule has 0 amide bonds. The van der Waals surface area contributed by atoms with Crippen molar-refractivity contribution in [1.29, 1.82) is 0 Å². The van der Waals surface area contributed by atoms with Crippen molar-refractivity contribution >= 4 is 10.0 Å². The van der Waals surface area contributed by atoms with E-state index in [1.807, 2.05) is 12.1 Å². The largest absolute Gasteiger partial charge is 0.300 e. The number of piperidine rings is 1. The van der Waals surface area contributed by atoms with E-state index in [9.17, 15) is 8.42 Å². The monoisotopic (exact) mass is 392 g/mol. The van der Waals surface area contributed by atoms with Gasteiger partial charge in [0.15, 0.2) is 0 Å². The van der Waals surface area contributed by atoms with E-state index in [2.05, 4.69) is 32.6 Å². The van der Waals surface area contributed by atoms with Gasteiger partial charge in [-0.25, -0.2) is 8.42 Å². The molecule has 2 aliphatic rings. The van der Waals surface area contributed by atoms with Crippen molar-refractivity contribution in [3.63, 3.8) is 0 Å². The van der Waals surface area contributed by atoms with E-state index in [1.165, 1.54) is 31.5 Å². The molecule has 3 rings (SSSR count). The van der Waals surface area contributed by atoms with Gasteiger partial charge in [0, 0.05) is 19.1 Å². The van der Waals surface area contributed by atoms with Crippen LogP contribution in [0.25, 0.3) is 0 Å². The lowest BCUT2D eigenvalue weighted by atomic mass is 9.85. The molecule has 2 atom stereocenters.